The van der Waals surface area contributed by atoms with Gasteiger partial charge in [-0.2, -0.15) is 0 Å². The minimum absolute atomic E-state index is 0.00232. The lowest BCUT2D eigenvalue weighted by molar-refractivity contribution is 0.0600. The van der Waals surface area contributed by atoms with Crippen LogP contribution in [0.15, 0.2) is 36.4 Å². The average molecular weight is 425 g/mol. The number of aryl methyl sites for hydroxylation is 2. The second kappa shape index (κ2) is 8.53. The highest BCUT2D eigenvalue weighted by molar-refractivity contribution is 7.22. The molecule has 6 nitrogen and oxygen atoms in total. The highest BCUT2D eigenvalue weighted by atomic mass is 32.1. The van der Waals surface area contributed by atoms with Gasteiger partial charge in [0.2, 0.25) is 0 Å². The van der Waals surface area contributed by atoms with Crippen LogP contribution < -0.4 is 4.90 Å². The summed E-state index contributed by atoms with van der Waals surface area (Å²) in [6.45, 7) is 5.26. The van der Waals surface area contributed by atoms with Crippen LogP contribution in [0.5, 0.6) is 0 Å². The van der Waals surface area contributed by atoms with Crippen LogP contribution in [-0.4, -0.2) is 43.2 Å². The molecule has 0 bridgehead atoms. The first-order chi connectivity index (χ1) is 14.5. The maximum Gasteiger partial charge on any atom is 0.337 e. The van der Waals surface area contributed by atoms with Crippen molar-refractivity contribution < 1.29 is 19.1 Å². The van der Waals surface area contributed by atoms with Crippen molar-refractivity contribution in [3.8, 4) is 0 Å². The number of carbonyl (C=O) groups is 2. The lowest BCUT2D eigenvalue weighted by Crippen LogP contribution is -2.37. The number of hydrogen-bond donors (Lipinski definition) is 0. The molecule has 1 aromatic heterocycles. The number of fused-ring (bicyclic) bond motifs is 1. The smallest absolute Gasteiger partial charge is 0.337 e. The average Bonchev–Trinajstić information content (AvgIpc) is 3.44. The number of aromatic nitrogens is 1. The molecule has 0 radical (unpaired) electrons. The molecule has 1 saturated heterocycles. The summed E-state index contributed by atoms with van der Waals surface area (Å²) in [5.74, 6) is -0.585. The van der Waals surface area contributed by atoms with E-state index in [1.165, 1.54) is 18.4 Å². The Labute approximate surface area is 179 Å². The predicted molar refractivity (Wildman–Crippen MR) is 118 cm³/mol. The third-order valence-electron chi connectivity index (χ3n) is 5.37. The van der Waals surface area contributed by atoms with Gasteiger partial charge < -0.3 is 9.47 Å². The van der Waals surface area contributed by atoms with Crippen molar-refractivity contribution in [2.75, 3.05) is 25.2 Å². The summed E-state index contributed by atoms with van der Waals surface area (Å²) in [6, 6.07) is 10.7. The van der Waals surface area contributed by atoms with E-state index in [4.69, 9.17) is 14.5 Å². The van der Waals surface area contributed by atoms with Crippen molar-refractivity contribution in [1.29, 1.82) is 0 Å². The van der Waals surface area contributed by atoms with Gasteiger partial charge in [-0.05, 0) is 62.1 Å². The van der Waals surface area contributed by atoms with Gasteiger partial charge in [-0.15, -0.1) is 0 Å². The van der Waals surface area contributed by atoms with Crippen LogP contribution in [0.25, 0.3) is 10.2 Å². The molecular formula is C23H24N2O4S. The highest BCUT2D eigenvalue weighted by Gasteiger charge is 2.27. The summed E-state index contributed by atoms with van der Waals surface area (Å²) >= 11 is 1.53. The number of carbonyl (C=O) groups excluding carboxylic acids is 2. The fourth-order valence-electron chi connectivity index (χ4n) is 3.63. The molecule has 1 aliphatic heterocycles. The van der Waals surface area contributed by atoms with Crippen LogP contribution in [0.2, 0.25) is 0 Å². The third-order valence-corrected chi connectivity index (χ3v) is 6.58. The van der Waals surface area contributed by atoms with Gasteiger partial charge in [0.15, 0.2) is 5.13 Å². The number of rotatable bonds is 5. The topological polar surface area (TPSA) is 68.7 Å². The fourth-order valence-corrected chi connectivity index (χ4v) is 4.75. The van der Waals surface area contributed by atoms with E-state index >= 15 is 0 Å². The number of thiazole rings is 1. The molecule has 4 rings (SSSR count). The van der Waals surface area contributed by atoms with E-state index in [2.05, 4.69) is 19.1 Å². The second-order valence-electron chi connectivity index (χ2n) is 7.49. The largest absolute Gasteiger partial charge is 0.465 e. The van der Waals surface area contributed by atoms with Crippen molar-refractivity contribution in [1.82, 2.24) is 4.98 Å². The summed E-state index contributed by atoms with van der Waals surface area (Å²) in [5.41, 5.74) is 4.07. The van der Waals surface area contributed by atoms with Crippen LogP contribution in [-0.2, 0) is 9.47 Å². The maximum absolute atomic E-state index is 13.5. The molecule has 1 amide bonds. The maximum atomic E-state index is 13.5. The van der Waals surface area contributed by atoms with Gasteiger partial charge >= 0.3 is 5.97 Å². The van der Waals surface area contributed by atoms with Crippen molar-refractivity contribution in [3.63, 3.8) is 0 Å². The number of esters is 1. The molecule has 3 aromatic rings. The van der Waals surface area contributed by atoms with E-state index in [-0.39, 0.29) is 12.0 Å². The number of hydrogen-bond acceptors (Lipinski definition) is 6. The van der Waals surface area contributed by atoms with Gasteiger partial charge in [-0.3, -0.25) is 9.69 Å². The monoisotopic (exact) mass is 424 g/mol. The van der Waals surface area contributed by atoms with Crippen molar-refractivity contribution in [2.45, 2.75) is 32.8 Å². The molecule has 0 spiro atoms. The molecule has 156 valence electrons. The Balaban J connectivity index is 1.71. The third kappa shape index (κ3) is 3.95. The van der Waals surface area contributed by atoms with Crippen LogP contribution >= 0.6 is 11.3 Å². The van der Waals surface area contributed by atoms with Crippen LogP contribution in [0.4, 0.5) is 5.13 Å². The van der Waals surface area contributed by atoms with E-state index in [0.717, 1.165) is 40.8 Å². The molecular weight excluding hydrogens is 400 g/mol. The Hall–Kier alpha value is -2.77. The molecule has 2 aromatic carbocycles. The first-order valence-corrected chi connectivity index (χ1v) is 10.8. The number of ether oxygens (including phenoxy) is 2. The summed E-state index contributed by atoms with van der Waals surface area (Å²) in [6.07, 6.45) is 1.92. The van der Waals surface area contributed by atoms with E-state index in [0.29, 0.717) is 22.8 Å². The molecule has 1 aliphatic rings. The number of nitrogens with zero attached hydrogens (tertiary/aromatic N) is 2. The summed E-state index contributed by atoms with van der Waals surface area (Å²) < 4.78 is 11.6. The normalized spacial score (nSPS) is 16.0. The molecule has 30 heavy (non-hydrogen) atoms. The van der Waals surface area contributed by atoms with Crippen molar-refractivity contribution in [2.24, 2.45) is 0 Å². The molecule has 2 heterocycles. The zero-order valence-corrected chi connectivity index (χ0v) is 18.1. The SMILES string of the molecule is COC(=O)c1ccc(C(=O)N(C[C@@H]2CCCO2)c2nc3c(C)ccc(C)c3s2)cc1. The van der Waals surface area contributed by atoms with E-state index in [1.54, 1.807) is 29.2 Å². The van der Waals surface area contributed by atoms with Gasteiger partial charge in [0, 0.05) is 12.2 Å². The van der Waals surface area contributed by atoms with E-state index < -0.39 is 5.97 Å². The van der Waals surface area contributed by atoms with Gasteiger partial charge in [0.25, 0.3) is 5.91 Å². The summed E-state index contributed by atoms with van der Waals surface area (Å²) in [5, 5.41) is 0.667. The van der Waals surface area contributed by atoms with Gasteiger partial charge in [-0.25, -0.2) is 9.78 Å². The van der Waals surface area contributed by atoms with Gasteiger partial charge in [0.1, 0.15) is 0 Å². The highest BCUT2D eigenvalue weighted by Crippen LogP contribution is 2.34. The molecule has 1 atom stereocenters. The molecule has 0 unspecified atom stereocenters. The second-order valence-corrected chi connectivity index (χ2v) is 8.47. The Kier molecular flexibility index (Phi) is 5.83. The molecule has 7 heteroatoms. The minimum Gasteiger partial charge on any atom is -0.465 e. The number of methoxy groups -OCH3 is 1. The van der Waals surface area contributed by atoms with Gasteiger partial charge in [-0.1, -0.05) is 23.5 Å². The molecule has 0 aliphatic carbocycles. The lowest BCUT2D eigenvalue weighted by Gasteiger charge is -2.23. The van der Waals surface area contributed by atoms with Crippen LogP contribution in [0.3, 0.4) is 0 Å². The van der Waals surface area contributed by atoms with Crippen molar-refractivity contribution in [3.05, 3.63) is 58.7 Å². The zero-order valence-electron chi connectivity index (χ0n) is 17.3. The zero-order chi connectivity index (χ0) is 21.3. The Morgan fingerprint density at radius 2 is 1.83 bits per heavy atom. The lowest BCUT2D eigenvalue weighted by atomic mass is 10.1. The number of benzene rings is 2. The first-order valence-electron chi connectivity index (χ1n) is 9.96. The molecule has 0 N–H and O–H groups in total. The Morgan fingerprint density at radius 1 is 1.13 bits per heavy atom. The van der Waals surface area contributed by atoms with E-state index in [1.807, 2.05) is 6.92 Å². The van der Waals surface area contributed by atoms with Crippen LogP contribution in [0.1, 0.15) is 44.7 Å². The minimum atomic E-state index is -0.428. The summed E-state index contributed by atoms with van der Waals surface area (Å²) in [7, 11) is 1.34. The predicted octanol–water partition coefficient (Wildman–Crippen LogP) is 4.53. The molecule has 0 saturated carbocycles. The molecule has 1 fully saturated rings. The van der Waals surface area contributed by atoms with Gasteiger partial charge in [0.05, 0.1) is 35.5 Å². The van der Waals surface area contributed by atoms with Crippen molar-refractivity contribution >= 4 is 38.6 Å². The number of amides is 1. The Bertz CT molecular complexity index is 1050. The van der Waals surface area contributed by atoms with E-state index in [9.17, 15) is 9.59 Å². The summed E-state index contributed by atoms with van der Waals surface area (Å²) in [4.78, 5) is 31.7. The fraction of sp³-hybridized carbons (Fsp3) is 0.348. The quantitative estimate of drug-likeness (QED) is 0.563. The van der Waals surface area contributed by atoms with Crippen LogP contribution in [0, 0.1) is 13.8 Å². The standard InChI is InChI=1S/C23H24N2O4S/c1-14-6-7-15(2)20-19(14)24-23(30-20)25(13-18-5-4-12-29-18)21(26)16-8-10-17(11-9-16)22(27)28-3/h6-11,18H,4-5,12-13H2,1-3H3/t18-/m0/s1. The number of anilines is 1. The Morgan fingerprint density at radius 3 is 2.47 bits per heavy atom. The first kappa shape index (κ1) is 20.5.